The van der Waals surface area contributed by atoms with Crippen molar-refractivity contribution in [1.29, 1.82) is 0 Å². The van der Waals surface area contributed by atoms with Gasteiger partial charge in [-0.25, -0.2) is 9.50 Å². The SMILES string of the molecule is COc1ccc([C@H](C)Nc2nc3cc(C)nn3c3ccccc23)cc1. The first-order valence-corrected chi connectivity index (χ1v) is 8.31. The van der Waals surface area contributed by atoms with Gasteiger partial charge in [0.25, 0.3) is 0 Å². The molecular weight excluding hydrogens is 312 g/mol. The Hall–Kier alpha value is -3.08. The zero-order valence-electron chi connectivity index (χ0n) is 14.5. The summed E-state index contributed by atoms with van der Waals surface area (Å²) in [6, 6.07) is 18.4. The number of para-hydroxylation sites is 1. The number of fused-ring (bicyclic) bond motifs is 3. The summed E-state index contributed by atoms with van der Waals surface area (Å²) < 4.78 is 7.13. The van der Waals surface area contributed by atoms with E-state index in [1.54, 1.807) is 7.11 Å². The molecule has 2 aromatic heterocycles. The number of nitrogens with one attached hydrogen (secondary N) is 1. The van der Waals surface area contributed by atoms with Gasteiger partial charge in [0, 0.05) is 17.5 Å². The van der Waals surface area contributed by atoms with Crippen LogP contribution in [0.1, 0.15) is 24.2 Å². The first-order chi connectivity index (χ1) is 12.2. The van der Waals surface area contributed by atoms with Crippen molar-refractivity contribution in [2.75, 3.05) is 12.4 Å². The van der Waals surface area contributed by atoms with Gasteiger partial charge in [-0.3, -0.25) is 0 Å². The van der Waals surface area contributed by atoms with Crippen LogP contribution < -0.4 is 10.1 Å². The molecule has 4 aromatic rings. The Morgan fingerprint density at radius 1 is 1.08 bits per heavy atom. The quantitative estimate of drug-likeness (QED) is 0.603. The van der Waals surface area contributed by atoms with Crippen molar-refractivity contribution in [1.82, 2.24) is 14.6 Å². The highest BCUT2D eigenvalue weighted by Gasteiger charge is 2.13. The molecule has 0 aliphatic carbocycles. The summed E-state index contributed by atoms with van der Waals surface area (Å²) >= 11 is 0. The van der Waals surface area contributed by atoms with Gasteiger partial charge in [0.2, 0.25) is 0 Å². The lowest BCUT2D eigenvalue weighted by molar-refractivity contribution is 0.414. The lowest BCUT2D eigenvalue weighted by Gasteiger charge is -2.17. The molecule has 5 heteroatoms. The Labute approximate surface area is 146 Å². The minimum Gasteiger partial charge on any atom is -0.497 e. The molecule has 2 heterocycles. The molecule has 1 atom stereocenters. The molecule has 0 radical (unpaired) electrons. The highest BCUT2D eigenvalue weighted by atomic mass is 16.5. The van der Waals surface area contributed by atoms with Crippen molar-refractivity contribution in [2.24, 2.45) is 0 Å². The fourth-order valence-electron chi connectivity index (χ4n) is 3.07. The lowest BCUT2D eigenvalue weighted by atomic mass is 10.1. The predicted octanol–water partition coefficient (Wildman–Crippen LogP) is 4.37. The average Bonchev–Trinajstić information content (AvgIpc) is 3.02. The molecular formula is C20H20N4O. The molecule has 0 unspecified atom stereocenters. The van der Waals surface area contributed by atoms with Crippen LogP contribution in [0.4, 0.5) is 5.82 Å². The van der Waals surface area contributed by atoms with Gasteiger partial charge in [0.15, 0.2) is 5.65 Å². The van der Waals surface area contributed by atoms with E-state index in [4.69, 9.17) is 9.72 Å². The van der Waals surface area contributed by atoms with Crippen molar-refractivity contribution in [3.63, 3.8) is 0 Å². The van der Waals surface area contributed by atoms with Gasteiger partial charge in [0.05, 0.1) is 18.3 Å². The Balaban J connectivity index is 1.76. The van der Waals surface area contributed by atoms with Crippen molar-refractivity contribution in [3.8, 4) is 5.75 Å². The van der Waals surface area contributed by atoms with Crippen molar-refractivity contribution >= 4 is 22.4 Å². The molecule has 4 rings (SSSR count). The van der Waals surface area contributed by atoms with Crippen LogP contribution in [-0.2, 0) is 0 Å². The third-order valence-corrected chi connectivity index (χ3v) is 4.40. The number of ether oxygens (including phenoxy) is 1. The fourth-order valence-corrected chi connectivity index (χ4v) is 3.07. The van der Waals surface area contributed by atoms with Gasteiger partial charge < -0.3 is 10.1 Å². The van der Waals surface area contributed by atoms with E-state index in [2.05, 4.69) is 41.6 Å². The van der Waals surface area contributed by atoms with E-state index in [0.29, 0.717) is 0 Å². The monoisotopic (exact) mass is 332 g/mol. The summed E-state index contributed by atoms with van der Waals surface area (Å²) in [6.45, 7) is 4.11. The molecule has 0 amide bonds. The van der Waals surface area contributed by atoms with Gasteiger partial charge in [-0.1, -0.05) is 24.3 Å². The molecule has 25 heavy (non-hydrogen) atoms. The van der Waals surface area contributed by atoms with Gasteiger partial charge in [0.1, 0.15) is 11.6 Å². The first kappa shape index (κ1) is 15.4. The van der Waals surface area contributed by atoms with E-state index in [-0.39, 0.29) is 6.04 Å². The minimum absolute atomic E-state index is 0.119. The zero-order valence-corrected chi connectivity index (χ0v) is 14.5. The molecule has 126 valence electrons. The largest absolute Gasteiger partial charge is 0.497 e. The fraction of sp³-hybridized carbons (Fsp3) is 0.200. The van der Waals surface area contributed by atoms with Gasteiger partial charge in [-0.15, -0.1) is 0 Å². The van der Waals surface area contributed by atoms with Crippen LogP contribution in [0, 0.1) is 6.92 Å². The Kier molecular flexibility index (Phi) is 3.76. The van der Waals surface area contributed by atoms with Crippen molar-refractivity contribution in [2.45, 2.75) is 19.9 Å². The number of hydrogen-bond acceptors (Lipinski definition) is 4. The summed E-state index contributed by atoms with van der Waals surface area (Å²) in [7, 11) is 1.68. The topological polar surface area (TPSA) is 51.5 Å². The molecule has 0 fully saturated rings. The van der Waals surface area contributed by atoms with Crippen LogP contribution in [0.2, 0.25) is 0 Å². The Morgan fingerprint density at radius 3 is 2.60 bits per heavy atom. The van der Waals surface area contributed by atoms with Crippen molar-refractivity contribution < 1.29 is 4.74 Å². The second-order valence-electron chi connectivity index (χ2n) is 6.17. The summed E-state index contributed by atoms with van der Waals surface area (Å²) in [5, 5.41) is 9.15. The van der Waals surface area contributed by atoms with Gasteiger partial charge in [-0.05, 0) is 43.7 Å². The van der Waals surface area contributed by atoms with Crippen LogP contribution in [-0.4, -0.2) is 21.7 Å². The highest BCUT2D eigenvalue weighted by Crippen LogP contribution is 2.27. The molecule has 0 spiro atoms. The maximum absolute atomic E-state index is 5.23. The van der Waals surface area contributed by atoms with Crippen LogP contribution in [0.5, 0.6) is 5.75 Å². The molecule has 0 aliphatic rings. The average molecular weight is 332 g/mol. The minimum atomic E-state index is 0.119. The van der Waals surface area contributed by atoms with E-state index in [1.807, 2.05) is 41.8 Å². The number of hydrogen-bond donors (Lipinski definition) is 1. The number of benzene rings is 2. The zero-order chi connectivity index (χ0) is 17.4. The van der Waals surface area contributed by atoms with Gasteiger partial charge in [-0.2, -0.15) is 5.10 Å². The summed E-state index contributed by atoms with van der Waals surface area (Å²) in [4.78, 5) is 4.79. The van der Waals surface area contributed by atoms with E-state index in [0.717, 1.165) is 33.8 Å². The number of methoxy groups -OCH3 is 1. The van der Waals surface area contributed by atoms with E-state index >= 15 is 0 Å². The third kappa shape index (κ3) is 2.78. The first-order valence-electron chi connectivity index (χ1n) is 8.31. The number of aryl methyl sites for hydroxylation is 1. The number of aromatic nitrogens is 3. The van der Waals surface area contributed by atoms with Crippen molar-refractivity contribution in [3.05, 3.63) is 65.9 Å². The van der Waals surface area contributed by atoms with E-state index < -0.39 is 0 Å². The molecule has 5 nitrogen and oxygen atoms in total. The molecule has 0 saturated heterocycles. The predicted molar refractivity (Wildman–Crippen MR) is 100 cm³/mol. The summed E-state index contributed by atoms with van der Waals surface area (Å²) in [5.41, 5.74) is 4.03. The molecule has 2 aromatic carbocycles. The van der Waals surface area contributed by atoms with Crippen LogP contribution in [0.15, 0.2) is 54.6 Å². The number of rotatable bonds is 4. The standard InChI is InChI=1S/C20H20N4O/c1-13-12-19-22-20(17-6-4-5-7-18(17)24(19)23-13)21-14(2)15-8-10-16(25-3)11-9-15/h4-12,14H,1-3H3,(H,21,22)/t14-/m0/s1. The Morgan fingerprint density at radius 2 is 1.84 bits per heavy atom. The van der Waals surface area contributed by atoms with Crippen LogP contribution in [0.3, 0.4) is 0 Å². The summed E-state index contributed by atoms with van der Waals surface area (Å²) in [5.74, 6) is 1.72. The molecule has 0 bridgehead atoms. The van der Waals surface area contributed by atoms with Crippen LogP contribution in [0.25, 0.3) is 16.6 Å². The van der Waals surface area contributed by atoms with E-state index in [9.17, 15) is 0 Å². The summed E-state index contributed by atoms with van der Waals surface area (Å²) in [6.07, 6.45) is 0. The smallest absolute Gasteiger partial charge is 0.158 e. The second kappa shape index (κ2) is 6.09. The molecule has 0 aliphatic heterocycles. The second-order valence-corrected chi connectivity index (χ2v) is 6.17. The van der Waals surface area contributed by atoms with Crippen LogP contribution >= 0.6 is 0 Å². The highest BCUT2D eigenvalue weighted by molar-refractivity contribution is 5.91. The molecule has 1 N–H and O–H groups in total. The third-order valence-electron chi connectivity index (χ3n) is 4.40. The number of anilines is 1. The van der Waals surface area contributed by atoms with Gasteiger partial charge >= 0.3 is 0 Å². The molecule has 0 saturated carbocycles. The lowest BCUT2D eigenvalue weighted by Crippen LogP contribution is -2.09. The number of nitrogens with zero attached hydrogens (tertiary/aromatic N) is 3. The maximum atomic E-state index is 5.23. The Bertz CT molecular complexity index is 1040. The normalized spacial score (nSPS) is 12.4. The van der Waals surface area contributed by atoms with E-state index in [1.165, 1.54) is 5.56 Å². The maximum Gasteiger partial charge on any atom is 0.158 e.